The van der Waals surface area contributed by atoms with Crippen LogP contribution in [0.25, 0.3) is 0 Å². The molecule has 0 radical (unpaired) electrons. The van der Waals surface area contributed by atoms with Crippen molar-refractivity contribution in [2.24, 2.45) is 11.7 Å². The summed E-state index contributed by atoms with van der Waals surface area (Å²) in [6.45, 7) is 5.40. The van der Waals surface area contributed by atoms with Crippen LogP contribution in [0.4, 0.5) is 8.78 Å². The first kappa shape index (κ1) is 14.4. The maximum absolute atomic E-state index is 13.9. The monoisotopic (exact) mass is 268 g/mol. The maximum atomic E-state index is 13.9. The molecule has 0 aromatic heterocycles. The number of rotatable bonds is 3. The summed E-state index contributed by atoms with van der Waals surface area (Å²) in [6, 6.07) is 3.93. The molecule has 3 unspecified atom stereocenters. The lowest BCUT2D eigenvalue weighted by Crippen LogP contribution is -2.45. The number of benzene rings is 1. The molecule has 106 valence electrons. The molecule has 1 aromatic rings. The third kappa shape index (κ3) is 2.95. The summed E-state index contributed by atoms with van der Waals surface area (Å²) < 4.78 is 27.8. The zero-order valence-corrected chi connectivity index (χ0v) is 11.6. The Balaban J connectivity index is 2.29. The number of hydrogen-bond acceptors (Lipinski definition) is 2. The summed E-state index contributed by atoms with van der Waals surface area (Å²) in [7, 11) is 0. The van der Waals surface area contributed by atoms with Crippen molar-refractivity contribution in [1.29, 1.82) is 0 Å². The van der Waals surface area contributed by atoms with Gasteiger partial charge in [0.05, 0.1) is 6.04 Å². The van der Waals surface area contributed by atoms with E-state index in [1.54, 1.807) is 0 Å². The summed E-state index contributed by atoms with van der Waals surface area (Å²) in [5.74, 6) is -0.335. The van der Waals surface area contributed by atoms with Crippen molar-refractivity contribution in [3.63, 3.8) is 0 Å². The van der Waals surface area contributed by atoms with E-state index in [-0.39, 0.29) is 18.2 Å². The van der Waals surface area contributed by atoms with Crippen molar-refractivity contribution >= 4 is 0 Å². The van der Waals surface area contributed by atoms with Crippen molar-refractivity contribution < 1.29 is 8.78 Å². The van der Waals surface area contributed by atoms with Gasteiger partial charge in [0.2, 0.25) is 0 Å². The molecular formula is C15H22F2N2. The van der Waals surface area contributed by atoms with Gasteiger partial charge in [-0.15, -0.1) is 0 Å². The van der Waals surface area contributed by atoms with E-state index >= 15 is 0 Å². The Labute approximate surface area is 113 Å². The number of nitrogens with two attached hydrogens (primary N) is 1. The van der Waals surface area contributed by atoms with Gasteiger partial charge in [-0.1, -0.05) is 13.0 Å². The molecule has 1 aliphatic rings. The highest BCUT2D eigenvalue weighted by molar-refractivity contribution is 5.24. The minimum Gasteiger partial charge on any atom is -0.329 e. The van der Waals surface area contributed by atoms with Gasteiger partial charge >= 0.3 is 0 Å². The van der Waals surface area contributed by atoms with Gasteiger partial charge in [0.15, 0.2) is 0 Å². The van der Waals surface area contributed by atoms with Crippen LogP contribution in [0.3, 0.4) is 0 Å². The van der Waals surface area contributed by atoms with Crippen molar-refractivity contribution in [1.82, 2.24) is 4.90 Å². The summed E-state index contributed by atoms with van der Waals surface area (Å²) in [6.07, 6.45) is 2.10. The topological polar surface area (TPSA) is 29.3 Å². The molecule has 1 fully saturated rings. The molecule has 0 saturated carbocycles. The number of hydrogen-bond donors (Lipinski definition) is 1. The normalized spacial score (nSPS) is 26.4. The number of nitrogens with zero attached hydrogens (tertiary/aromatic N) is 1. The van der Waals surface area contributed by atoms with E-state index in [2.05, 4.69) is 18.7 Å². The van der Waals surface area contributed by atoms with Gasteiger partial charge in [-0.25, -0.2) is 8.78 Å². The third-order valence-electron chi connectivity index (χ3n) is 4.15. The minimum atomic E-state index is -0.499. The lowest BCUT2D eigenvalue weighted by atomic mass is 9.90. The van der Waals surface area contributed by atoms with Gasteiger partial charge in [0.1, 0.15) is 11.6 Å². The predicted octanol–water partition coefficient (Wildman–Crippen LogP) is 3.09. The lowest BCUT2D eigenvalue weighted by Gasteiger charge is -2.41. The van der Waals surface area contributed by atoms with Gasteiger partial charge < -0.3 is 5.73 Å². The summed E-state index contributed by atoms with van der Waals surface area (Å²) in [4.78, 5) is 2.14. The minimum absolute atomic E-state index is 0.117. The first-order chi connectivity index (χ1) is 9.04. The van der Waals surface area contributed by atoms with Gasteiger partial charge in [0, 0.05) is 18.2 Å². The fourth-order valence-electron chi connectivity index (χ4n) is 3.14. The Morgan fingerprint density at radius 2 is 1.95 bits per heavy atom. The first-order valence-electron chi connectivity index (χ1n) is 6.94. The van der Waals surface area contributed by atoms with Crippen molar-refractivity contribution in [3.05, 3.63) is 35.4 Å². The summed E-state index contributed by atoms with van der Waals surface area (Å²) >= 11 is 0. The fraction of sp³-hybridized carbons (Fsp3) is 0.600. The van der Waals surface area contributed by atoms with Gasteiger partial charge in [0.25, 0.3) is 0 Å². The van der Waals surface area contributed by atoms with E-state index in [9.17, 15) is 8.78 Å². The molecule has 1 aliphatic heterocycles. The second kappa shape index (κ2) is 5.97. The fourth-order valence-corrected chi connectivity index (χ4v) is 3.14. The van der Waals surface area contributed by atoms with Gasteiger partial charge in [-0.2, -0.15) is 0 Å². The third-order valence-corrected chi connectivity index (χ3v) is 4.15. The lowest BCUT2D eigenvalue weighted by molar-refractivity contribution is 0.0812. The Kier molecular flexibility index (Phi) is 4.53. The molecule has 0 amide bonds. The number of halogens is 2. The molecule has 0 bridgehead atoms. The molecule has 0 spiro atoms. The Bertz CT molecular complexity index is 416. The van der Waals surface area contributed by atoms with Crippen molar-refractivity contribution in [2.75, 3.05) is 13.1 Å². The average Bonchev–Trinajstić information content (AvgIpc) is 2.35. The van der Waals surface area contributed by atoms with Crippen LogP contribution in [0.1, 0.15) is 38.3 Å². The molecular weight excluding hydrogens is 246 g/mol. The van der Waals surface area contributed by atoms with Crippen LogP contribution in [0.5, 0.6) is 0 Å². The molecule has 3 atom stereocenters. The van der Waals surface area contributed by atoms with Gasteiger partial charge in [-0.3, -0.25) is 4.90 Å². The van der Waals surface area contributed by atoms with Crippen LogP contribution < -0.4 is 5.73 Å². The summed E-state index contributed by atoms with van der Waals surface area (Å²) in [5.41, 5.74) is 5.91. The SMILES string of the molecule is CC1CCN(C(CN)c2c(F)cccc2F)C(C)C1. The number of piperidine rings is 1. The van der Waals surface area contributed by atoms with Crippen LogP contribution in [0.15, 0.2) is 18.2 Å². The van der Waals surface area contributed by atoms with Crippen molar-refractivity contribution in [2.45, 2.75) is 38.8 Å². The molecule has 2 rings (SSSR count). The second-order valence-corrected chi connectivity index (χ2v) is 5.60. The molecule has 2 nitrogen and oxygen atoms in total. The Morgan fingerprint density at radius 1 is 1.32 bits per heavy atom. The zero-order valence-electron chi connectivity index (χ0n) is 11.6. The van der Waals surface area contributed by atoms with E-state index < -0.39 is 11.6 Å². The van der Waals surface area contributed by atoms with Crippen molar-refractivity contribution in [3.8, 4) is 0 Å². The zero-order chi connectivity index (χ0) is 14.0. The van der Waals surface area contributed by atoms with Crippen LogP contribution >= 0.6 is 0 Å². The Morgan fingerprint density at radius 3 is 2.47 bits per heavy atom. The van der Waals surface area contributed by atoms with Gasteiger partial charge in [-0.05, 0) is 44.4 Å². The quantitative estimate of drug-likeness (QED) is 0.912. The van der Waals surface area contributed by atoms with E-state index in [1.807, 2.05) is 0 Å². The highest BCUT2D eigenvalue weighted by Crippen LogP contribution is 2.32. The smallest absolute Gasteiger partial charge is 0.130 e. The molecule has 19 heavy (non-hydrogen) atoms. The summed E-state index contributed by atoms with van der Waals surface area (Å²) in [5, 5.41) is 0. The molecule has 1 saturated heterocycles. The standard InChI is InChI=1S/C15H22F2N2/c1-10-6-7-19(11(2)8-10)14(9-18)15-12(16)4-3-5-13(15)17/h3-5,10-11,14H,6-9,18H2,1-2H3. The van der Waals surface area contributed by atoms with E-state index in [1.165, 1.54) is 18.2 Å². The average molecular weight is 268 g/mol. The van der Waals surface area contributed by atoms with Crippen LogP contribution in [-0.4, -0.2) is 24.0 Å². The molecule has 2 N–H and O–H groups in total. The highest BCUT2D eigenvalue weighted by Gasteiger charge is 2.31. The highest BCUT2D eigenvalue weighted by atomic mass is 19.1. The van der Waals surface area contributed by atoms with Crippen LogP contribution in [0.2, 0.25) is 0 Å². The van der Waals surface area contributed by atoms with Crippen LogP contribution in [-0.2, 0) is 0 Å². The first-order valence-corrected chi connectivity index (χ1v) is 6.94. The molecule has 1 heterocycles. The molecule has 4 heteroatoms. The number of likely N-dealkylation sites (tertiary alicyclic amines) is 1. The Hall–Kier alpha value is -1.00. The second-order valence-electron chi connectivity index (χ2n) is 5.60. The van der Waals surface area contributed by atoms with E-state index in [0.717, 1.165) is 19.4 Å². The van der Waals surface area contributed by atoms with Crippen LogP contribution in [0, 0.1) is 17.6 Å². The molecule has 1 aromatic carbocycles. The maximum Gasteiger partial charge on any atom is 0.130 e. The predicted molar refractivity (Wildman–Crippen MR) is 72.7 cm³/mol. The molecule has 0 aliphatic carbocycles. The van der Waals surface area contributed by atoms with E-state index in [0.29, 0.717) is 12.0 Å². The van der Waals surface area contributed by atoms with E-state index in [4.69, 9.17) is 5.73 Å². The largest absolute Gasteiger partial charge is 0.329 e.